The molecule has 0 amide bonds. The lowest BCUT2D eigenvalue weighted by Crippen LogP contribution is -2.30. The first kappa shape index (κ1) is 12.8. The monoisotopic (exact) mass is 264 g/mol. The summed E-state index contributed by atoms with van der Waals surface area (Å²) in [6.45, 7) is 0. The fourth-order valence-corrected chi connectivity index (χ4v) is 3.32. The number of carbonyl (C=O) groups excluding carboxylic acids is 1. The fourth-order valence-electron chi connectivity index (χ4n) is 3.32. The molecule has 0 saturated heterocycles. The zero-order valence-electron chi connectivity index (χ0n) is 10.9. The average molecular weight is 264 g/mol. The van der Waals surface area contributed by atoms with Gasteiger partial charge in [0, 0.05) is 25.2 Å². The fraction of sp³-hybridized carbons (Fsp3) is 0.562. The summed E-state index contributed by atoms with van der Waals surface area (Å²) in [5.41, 5.74) is 2.60. The number of fused-ring (bicyclic) bond motifs is 1. The third kappa shape index (κ3) is 2.56. The normalized spacial score (nSPS) is 25.5. The molecule has 1 aromatic carbocycles. The molecule has 0 aliphatic heterocycles. The van der Waals surface area contributed by atoms with E-state index in [1.54, 1.807) is 0 Å². The van der Waals surface area contributed by atoms with E-state index in [-0.39, 0.29) is 24.5 Å². The van der Waals surface area contributed by atoms with Crippen molar-refractivity contribution in [1.82, 2.24) is 0 Å². The van der Waals surface area contributed by atoms with E-state index in [0.29, 0.717) is 25.2 Å². The topological polar surface area (TPSA) is 17.1 Å². The quantitative estimate of drug-likeness (QED) is 0.803. The molecule has 1 unspecified atom stereocenters. The second-order valence-corrected chi connectivity index (χ2v) is 5.90. The molecule has 1 aromatic rings. The Morgan fingerprint density at radius 2 is 1.89 bits per heavy atom. The van der Waals surface area contributed by atoms with Crippen LogP contribution >= 0.6 is 0 Å². The third-order valence-corrected chi connectivity index (χ3v) is 4.58. The van der Waals surface area contributed by atoms with Gasteiger partial charge in [0.2, 0.25) is 5.92 Å². The Bertz CT molecular complexity index is 485. The summed E-state index contributed by atoms with van der Waals surface area (Å²) < 4.78 is 26.1. The maximum Gasteiger partial charge on any atom is 0.248 e. The van der Waals surface area contributed by atoms with E-state index >= 15 is 0 Å². The average Bonchev–Trinajstić information content (AvgIpc) is 2.35. The summed E-state index contributed by atoms with van der Waals surface area (Å²) >= 11 is 0. The third-order valence-electron chi connectivity index (χ3n) is 4.58. The van der Waals surface area contributed by atoms with E-state index in [1.807, 2.05) is 12.1 Å². The largest absolute Gasteiger partial charge is 0.299 e. The van der Waals surface area contributed by atoms with Crippen LogP contribution < -0.4 is 0 Å². The summed E-state index contributed by atoms with van der Waals surface area (Å²) in [5.74, 6) is -2.16. The molecule has 1 fully saturated rings. The minimum Gasteiger partial charge on any atom is -0.299 e. The van der Waals surface area contributed by atoms with Gasteiger partial charge >= 0.3 is 0 Å². The van der Waals surface area contributed by atoms with Gasteiger partial charge in [-0.15, -0.1) is 0 Å². The molecule has 1 saturated carbocycles. The highest BCUT2D eigenvalue weighted by Crippen LogP contribution is 2.41. The lowest BCUT2D eigenvalue weighted by molar-refractivity contribution is -0.127. The number of carbonyl (C=O) groups is 1. The van der Waals surface area contributed by atoms with E-state index < -0.39 is 5.92 Å². The molecule has 2 aliphatic carbocycles. The van der Waals surface area contributed by atoms with Crippen molar-refractivity contribution in [2.75, 3.05) is 0 Å². The van der Waals surface area contributed by atoms with Crippen LogP contribution in [-0.4, -0.2) is 11.7 Å². The van der Waals surface area contributed by atoms with E-state index in [9.17, 15) is 13.6 Å². The molecule has 3 rings (SSSR count). The van der Waals surface area contributed by atoms with Gasteiger partial charge in [-0.25, -0.2) is 8.78 Å². The van der Waals surface area contributed by atoms with Crippen LogP contribution in [-0.2, 0) is 11.2 Å². The Morgan fingerprint density at radius 3 is 2.58 bits per heavy atom. The molecule has 0 aromatic heterocycles. The first-order chi connectivity index (χ1) is 9.05. The Hall–Kier alpha value is -1.25. The first-order valence-electron chi connectivity index (χ1n) is 7.03. The Balaban J connectivity index is 1.56. The summed E-state index contributed by atoms with van der Waals surface area (Å²) in [4.78, 5) is 12.2. The zero-order valence-corrected chi connectivity index (χ0v) is 10.9. The molecule has 1 atom stereocenters. The predicted molar refractivity (Wildman–Crippen MR) is 69.4 cm³/mol. The Labute approximate surface area is 112 Å². The van der Waals surface area contributed by atoms with Crippen LogP contribution in [0.5, 0.6) is 0 Å². The smallest absolute Gasteiger partial charge is 0.248 e. The highest BCUT2D eigenvalue weighted by molar-refractivity contribution is 5.82. The van der Waals surface area contributed by atoms with Crippen LogP contribution in [0.1, 0.15) is 49.1 Å². The molecule has 102 valence electrons. The van der Waals surface area contributed by atoms with Crippen LogP contribution in [0.4, 0.5) is 8.78 Å². The minimum absolute atomic E-state index is 0.120. The van der Waals surface area contributed by atoms with Gasteiger partial charge in [0.1, 0.15) is 5.78 Å². The van der Waals surface area contributed by atoms with Crippen molar-refractivity contribution >= 4 is 5.78 Å². The molecule has 0 N–H and O–H groups in total. The van der Waals surface area contributed by atoms with Gasteiger partial charge in [0.25, 0.3) is 0 Å². The highest BCUT2D eigenvalue weighted by atomic mass is 19.3. The van der Waals surface area contributed by atoms with E-state index in [2.05, 4.69) is 12.1 Å². The van der Waals surface area contributed by atoms with Crippen molar-refractivity contribution in [2.45, 2.75) is 50.4 Å². The molecular formula is C16H18F2O. The molecule has 3 heteroatoms. The molecule has 2 aliphatic rings. The highest BCUT2D eigenvalue weighted by Gasteiger charge is 2.38. The van der Waals surface area contributed by atoms with Gasteiger partial charge < -0.3 is 0 Å². The molecule has 19 heavy (non-hydrogen) atoms. The molecule has 0 spiro atoms. The van der Waals surface area contributed by atoms with E-state index in [0.717, 1.165) is 6.42 Å². The van der Waals surface area contributed by atoms with Crippen molar-refractivity contribution in [1.29, 1.82) is 0 Å². The SMILES string of the molecule is O=C(CC1Cc2ccccc21)C1CCC(F)(F)CC1. The van der Waals surface area contributed by atoms with Crippen molar-refractivity contribution in [3.05, 3.63) is 35.4 Å². The number of Topliss-reactive ketones (excluding diaryl/α,β-unsaturated/α-hetero) is 1. The van der Waals surface area contributed by atoms with Crippen LogP contribution in [0.2, 0.25) is 0 Å². The summed E-state index contributed by atoms with van der Waals surface area (Å²) in [6.07, 6.45) is 1.98. The van der Waals surface area contributed by atoms with Crippen molar-refractivity contribution in [3.63, 3.8) is 0 Å². The van der Waals surface area contributed by atoms with Gasteiger partial charge in [-0.2, -0.15) is 0 Å². The minimum atomic E-state index is -2.54. The lowest BCUT2D eigenvalue weighted by Gasteiger charge is -2.32. The van der Waals surface area contributed by atoms with Crippen LogP contribution in [0, 0.1) is 5.92 Å². The number of halogens is 2. The summed E-state index contributed by atoms with van der Waals surface area (Å²) in [5, 5.41) is 0. The molecule has 0 radical (unpaired) electrons. The maximum atomic E-state index is 13.1. The molecule has 0 bridgehead atoms. The van der Waals surface area contributed by atoms with Gasteiger partial charge in [-0.1, -0.05) is 24.3 Å². The second kappa shape index (κ2) is 4.69. The van der Waals surface area contributed by atoms with Gasteiger partial charge in [0.15, 0.2) is 0 Å². The van der Waals surface area contributed by atoms with Gasteiger partial charge in [-0.3, -0.25) is 4.79 Å². The Kier molecular flexibility index (Phi) is 3.15. The summed E-state index contributed by atoms with van der Waals surface area (Å²) in [6, 6.07) is 8.18. The number of ketones is 1. The Morgan fingerprint density at radius 1 is 1.21 bits per heavy atom. The maximum absolute atomic E-state index is 13.1. The number of alkyl halides is 2. The summed E-state index contributed by atoms with van der Waals surface area (Å²) in [7, 11) is 0. The van der Waals surface area contributed by atoms with Crippen LogP contribution in [0.25, 0.3) is 0 Å². The van der Waals surface area contributed by atoms with Crippen molar-refractivity contribution in [3.8, 4) is 0 Å². The van der Waals surface area contributed by atoms with Gasteiger partial charge in [0.05, 0.1) is 0 Å². The zero-order chi connectivity index (χ0) is 13.5. The second-order valence-electron chi connectivity index (χ2n) is 5.90. The van der Waals surface area contributed by atoms with E-state index in [1.165, 1.54) is 11.1 Å². The van der Waals surface area contributed by atoms with E-state index in [4.69, 9.17) is 0 Å². The first-order valence-corrected chi connectivity index (χ1v) is 7.03. The number of hydrogen-bond acceptors (Lipinski definition) is 1. The van der Waals surface area contributed by atoms with Crippen LogP contribution in [0.15, 0.2) is 24.3 Å². The number of hydrogen-bond donors (Lipinski definition) is 0. The molecule has 1 nitrogen and oxygen atoms in total. The standard InChI is InChI=1S/C16H18F2O/c17-16(18)7-5-11(6-8-16)15(19)10-13-9-12-3-1-2-4-14(12)13/h1-4,11,13H,5-10H2. The molecule has 0 heterocycles. The lowest BCUT2D eigenvalue weighted by atomic mass is 9.72. The number of rotatable bonds is 3. The van der Waals surface area contributed by atoms with Crippen LogP contribution in [0.3, 0.4) is 0 Å². The number of benzene rings is 1. The van der Waals surface area contributed by atoms with Gasteiger partial charge in [-0.05, 0) is 36.3 Å². The predicted octanol–water partition coefficient (Wildman–Crippen LogP) is 4.11. The molecular weight excluding hydrogens is 246 g/mol. The van der Waals surface area contributed by atoms with Crippen molar-refractivity contribution in [2.24, 2.45) is 5.92 Å². The van der Waals surface area contributed by atoms with Crippen molar-refractivity contribution < 1.29 is 13.6 Å².